The second-order valence-electron chi connectivity index (χ2n) is 4.13. The van der Waals surface area contributed by atoms with Crippen molar-refractivity contribution >= 4 is 12.0 Å². The van der Waals surface area contributed by atoms with Crippen molar-refractivity contribution in [2.75, 3.05) is 26.3 Å². The zero-order valence-corrected chi connectivity index (χ0v) is 10.1. The van der Waals surface area contributed by atoms with Crippen LogP contribution in [-0.4, -0.2) is 54.4 Å². The van der Waals surface area contributed by atoms with Crippen LogP contribution in [0.2, 0.25) is 0 Å². The first-order valence-corrected chi connectivity index (χ1v) is 5.98. The fourth-order valence-corrected chi connectivity index (χ4v) is 1.82. The predicted molar refractivity (Wildman–Crippen MR) is 61.9 cm³/mol. The summed E-state index contributed by atoms with van der Waals surface area (Å²) in [6.45, 7) is 4.20. The van der Waals surface area contributed by atoms with Crippen molar-refractivity contribution in [1.82, 2.24) is 10.2 Å². The maximum absolute atomic E-state index is 11.8. The number of rotatable bonds is 5. The Morgan fingerprint density at radius 1 is 1.41 bits per heavy atom. The number of nitrogens with one attached hydrogen (secondary N) is 1. The van der Waals surface area contributed by atoms with E-state index in [2.05, 4.69) is 5.32 Å². The van der Waals surface area contributed by atoms with Crippen molar-refractivity contribution in [1.29, 1.82) is 0 Å². The van der Waals surface area contributed by atoms with Gasteiger partial charge in [0, 0.05) is 19.1 Å². The molecule has 1 heterocycles. The zero-order chi connectivity index (χ0) is 12.7. The molecule has 1 atom stereocenters. The molecular formula is C11H20N2O4. The quantitative estimate of drug-likeness (QED) is 0.745. The van der Waals surface area contributed by atoms with Crippen LogP contribution in [0.1, 0.15) is 26.2 Å². The van der Waals surface area contributed by atoms with Crippen molar-refractivity contribution in [3.8, 4) is 0 Å². The average Bonchev–Trinajstić information content (AvgIpc) is 2.29. The lowest BCUT2D eigenvalue weighted by Crippen LogP contribution is -2.49. The SMILES string of the molecule is CCCC(CC(=O)O)NC(=O)N1CCOCC1. The van der Waals surface area contributed by atoms with E-state index in [1.807, 2.05) is 6.92 Å². The van der Waals surface area contributed by atoms with Gasteiger partial charge in [-0.05, 0) is 6.42 Å². The van der Waals surface area contributed by atoms with Gasteiger partial charge >= 0.3 is 12.0 Å². The molecule has 1 rings (SSSR count). The van der Waals surface area contributed by atoms with Gasteiger partial charge in [0.25, 0.3) is 0 Å². The van der Waals surface area contributed by atoms with E-state index in [9.17, 15) is 9.59 Å². The molecule has 1 saturated heterocycles. The highest BCUT2D eigenvalue weighted by molar-refractivity contribution is 5.76. The first-order chi connectivity index (χ1) is 8.13. The number of morpholine rings is 1. The molecule has 98 valence electrons. The lowest BCUT2D eigenvalue weighted by Gasteiger charge is -2.29. The van der Waals surface area contributed by atoms with Gasteiger partial charge in [-0.1, -0.05) is 13.3 Å². The Kier molecular flexibility index (Phi) is 5.76. The Hall–Kier alpha value is -1.30. The van der Waals surface area contributed by atoms with Crippen LogP contribution in [0.5, 0.6) is 0 Å². The van der Waals surface area contributed by atoms with Gasteiger partial charge in [-0.2, -0.15) is 0 Å². The zero-order valence-electron chi connectivity index (χ0n) is 10.1. The van der Waals surface area contributed by atoms with E-state index in [0.29, 0.717) is 32.7 Å². The molecule has 0 aromatic carbocycles. The normalized spacial score (nSPS) is 17.6. The molecule has 0 aliphatic carbocycles. The van der Waals surface area contributed by atoms with Gasteiger partial charge in [0.2, 0.25) is 0 Å². The van der Waals surface area contributed by atoms with Gasteiger partial charge in [0.15, 0.2) is 0 Å². The van der Waals surface area contributed by atoms with Crippen molar-refractivity contribution in [3.05, 3.63) is 0 Å². The van der Waals surface area contributed by atoms with E-state index >= 15 is 0 Å². The fourth-order valence-electron chi connectivity index (χ4n) is 1.82. The molecule has 1 fully saturated rings. The molecule has 17 heavy (non-hydrogen) atoms. The number of carbonyl (C=O) groups excluding carboxylic acids is 1. The predicted octanol–water partition coefficient (Wildman–Crippen LogP) is 0.672. The Morgan fingerprint density at radius 3 is 2.59 bits per heavy atom. The topological polar surface area (TPSA) is 78.9 Å². The smallest absolute Gasteiger partial charge is 0.317 e. The molecule has 1 unspecified atom stereocenters. The van der Waals surface area contributed by atoms with Gasteiger partial charge in [0.05, 0.1) is 19.6 Å². The average molecular weight is 244 g/mol. The molecule has 1 aliphatic rings. The molecule has 1 aliphatic heterocycles. The van der Waals surface area contributed by atoms with E-state index in [-0.39, 0.29) is 18.5 Å². The minimum Gasteiger partial charge on any atom is -0.481 e. The Balaban J connectivity index is 2.41. The summed E-state index contributed by atoms with van der Waals surface area (Å²) in [4.78, 5) is 24.1. The minimum absolute atomic E-state index is 0.0239. The van der Waals surface area contributed by atoms with E-state index in [1.165, 1.54) is 0 Å². The van der Waals surface area contributed by atoms with Crippen molar-refractivity contribution in [2.45, 2.75) is 32.2 Å². The van der Waals surface area contributed by atoms with Crippen LogP contribution in [0.25, 0.3) is 0 Å². The second kappa shape index (κ2) is 7.11. The Labute approximate surface area is 101 Å². The number of hydrogen-bond acceptors (Lipinski definition) is 3. The molecule has 0 bridgehead atoms. The summed E-state index contributed by atoms with van der Waals surface area (Å²) in [5, 5.41) is 11.5. The van der Waals surface area contributed by atoms with Crippen LogP contribution in [-0.2, 0) is 9.53 Å². The number of nitrogens with zero attached hydrogens (tertiary/aromatic N) is 1. The number of urea groups is 1. The summed E-state index contributed by atoms with van der Waals surface area (Å²) in [5.41, 5.74) is 0. The monoisotopic (exact) mass is 244 g/mol. The molecule has 0 aromatic heterocycles. The van der Waals surface area contributed by atoms with Gasteiger partial charge < -0.3 is 20.1 Å². The third-order valence-corrected chi connectivity index (χ3v) is 2.68. The van der Waals surface area contributed by atoms with Crippen molar-refractivity contribution in [3.63, 3.8) is 0 Å². The molecule has 0 saturated carbocycles. The minimum atomic E-state index is -0.884. The largest absolute Gasteiger partial charge is 0.481 e. The number of amides is 2. The van der Waals surface area contributed by atoms with Crippen molar-refractivity contribution < 1.29 is 19.4 Å². The fraction of sp³-hybridized carbons (Fsp3) is 0.818. The molecule has 6 nitrogen and oxygen atoms in total. The number of hydrogen-bond donors (Lipinski definition) is 2. The lowest BCUT2D eigenvalue weighted by atomic mass is 10.1. The second-order valence-corrected chi connectivity index (χ2v) is 4.13. The number of carboxylic acids is 1. The van der Waals surface area contributed by atoms with E-state index in [1.54, 1.807) is 4.90 Å². The molecule has 6 heteroatoms. The first kappa shape index (κ1) is 13.8. The van der Waals surface area contributed by atoms with Gasteiger partial charge in [0.1, 0.15) is 0 Å². The highest BCUT2D eigenvalue weighted by Crippen LogP contribution is 2.04. The van der Waals surface area contributed by atoms with Crippen LogP contribution >= 0.6 is 0 Å². The summed E-state index contributed by atoms with van der Waals surface area (Å²) >= 11 is 0. The van der Waals surface area contributed by atoms with Gasteiger partial charge in [-0.25, -0.2) is 4.79 Å². The molecular weight excluding hydrogens is 224 g/mol. The molecule has 2 N–H and O–H groups in total. The maximum atomic E-state index is 11.8. The van der Waals surface area contributed by atoms with Gasteiger partial charge in [-0.3, -0.25) is 4.79 Å². The highest BCUT2D eigenvalue weighted by atomic mass is 16.5. The Morgan fingerprint density at radius 2 is 2.06 bits per heavy atom. The number of carboxylic acid groups (broad SMARTS) is 1. The van der Waals surface area contributed by atoms with Gasteiger partial charge in [-0.15, -0.1) is 0 Å². The van der Waals surface area contributed by atoms with Crippen LogP contribution in [0.15, 0.2) is 0 Å². The summed E-state index contributed by atoms with van der Waals surface area (Å²) in [5.74, 6) is -0.884. The summed E-state index contributed by atoms with van der Waals surface area (Å²) in [6, 6.07) is -0.471. The molecule has 2 amide bonds. The number of aliphatic carboxylic acids is 1. The van der Waals surface area contributed by atoms with Crippen LogP contribution in [0.3, 0.4) is 0 Å². The van der Waals surface area contributed by atoms with Crippen LogP contribution in [0, 0.1) is 0 Å². The van der Waals surface area contributed by atoms with Crippen LogP contribution in [0.4, 0.5) is 4.79 Å². The first-order valence-electron chi connectivity index (χ1n) is 5.98. The molecule has 0 aromatic rings. The van der Waals surface area contributed by atoms with Crippen molar-refractivity contribution in [2.24, 2.45) is 0 Å². The van der Waals surface area contributed by atoms with E-state index in [0.717, 1.165) is 6.42 Å². The molecule has 0 radical (unpaired) electrons. The number of ether oxygens (including phenoxy) is 1. The molecule has 0 spiro atoms. The van der Waals surface area contributed by atoms with Crippen LogP contribution < -0.4 is 5.32 Å². The van der Waals surface area contributed by atoms with E-state index < -0.39 is 5.97 Å². The summed E-state index contributed by atoms with van der Waals surface area (Å²) < 4.78 is 5.15. The van der Waals surface area contributed by atoms with E-state index in [4.69, 9.17) is 9.84 Å². The third kappa shape index (κ3) is 5.04. The third-order valence-electron chi connectivity index (χ3n) is 2.68. The summed E-state index contributed by atoms with van der Waals surface area (Å²) in [7, 11) is 0. The maximum Gasteiger partial charge on any atom is 0.317 e. The Bertz CT molecular complexity index is 264. The summed E-state index contributed by atoms with van der Waals surface area (Å²) in [6.07, 6.45) is 1.51. The lowest BCUT2D eigenvalue weighted by molar-refractivity contribution is -0.137. The number of carbonyl (C=O) groups is 2. The standard InChI is InChI=1S/C11H20N2O4/c1-2-3-9(8-10(14)15)12-11(16)13-4-6-17-7-5-13/h9H,2-8H2,1H3,(H,12,16)(H,14,15). The highest BCUT2D eigenvalue weighted by Gasteiger charge is 2.21.